The zero-order valence-corrected chi connectivity index (χ0v) is 19.0. The quantitative estimate of drug-likeness (QED) is 0.363. The lowest BCUT2D eigenvalue weighted by molar-refractivity contribution is 0.600. The van der Waals surface area contributed by atoms with Gasteiger partial charge < -0.3 is 15.2 Å². The second-order valence-corrected chi connectivity index (χ2v) is 6.95. The standard InChI is InChI=1S/C20H29FN6.HI/c1-3-22-20(24-14-16-8-9-17(21)15(2)13-16)23-11-10-19-26-25-18-7-5-4-6-12-27(18)19;/h8-9,13H,3-7,10-12,14H2,1-2H3,(H2,22,23,24);1H. The fourth-order valence-corrected chi connectivity index (χ4v) is 3.34. The van der Waals surface area contributed by atoms with Crippen LogP contribution in [0.5, 0.6) is 0 Å². The van der Waals surface area contributed by atoms with Gasteiger partial charge in [0.25, 0.3) is 0 Å². The first kappa shape index (κ1) is 22.6. The molecular formula is C20H30FIN6. The van der Waals surface area contributed by atoms with Gasteiger partial charge in [0, 0.05) is 32.5 Å². The van der Waals surface area contributed by atoms with E-state index in [9.17, 15) is 4.39 Å². The predicted molar refractivity (Wildman–Crippen MR) is 121 cm³/mol. The third kappa shape index (κ3) is 6.15. The van der Waals surface area contributed by atoms with Crippen molar-refractivity contribution in [2.24, 2.45) is 4.99 Å². The van der Waals surface area contributed by atoms with Gasteiger partial charge in [-0.3, -0.25) is 0 Å². The minimum Gasteiger partial charge on any atom is -0.357 e. The number of nitrogens with zero attached hydrogens (tertiary/aromatic N) is 4. The number of aryl methyl sites for hydroxylation is 2. The van der Waals surface area contributed by atoms with Crippen LogP contribution in [0.1, 0.15) is 49.0 Å². The number of aromatic nitrogens is 3. The maximum absolute atomic E-state index is 13.4. The van der Waals surface area contributed by atoms with Crippen LogP contribution < -0.4 is 10.6 Å². The van der Waals surface area contributed by atoms with Gasteiger partial charge in [0.05, 0.1) is 6.54 Å². The van der Waals surface area contributed by atoms with Gasteiger partial charge in [-0.05, 0) is 43.9 Å². The topological polar surface area (TPSA) is 67.1 Å². The summed E-state index contributed by atoms with van der Waals surface area (Å²) in [5.74, 6) is 2.74. The van der Waals surface area contributed by atoms with Crippen molar-refractivity contribution in [2.75, 3.05) is 13.1 Å². The summed E-state index contributed by atoms with van der Waals surface area (Å²) in [6.07, 6.45) is 5.51. The molecule has 1 aromatic heterocycles. The molecule has 8 heteroatoms. The first-order valence-corrected chi connectivity index (χ1v) is 9.85. The first-order chi connectivity index (χ1) is 13.2. The summed E-state index contributed by atoms with van der Waals surface area (Å²) in [4.78, 5) is 4.60. The molecule has 0 saturated heterocycles. The molecule has 1 aliphatic rings. The molecule has 0 amide bonds. The van der Waals surface area contributed by atoms with Crippen LogP contribution in [0.25, 0.3) is 0 Å². The number of benzene rings is 1. The molecule has 0 fully saturated rings. The van der Waals surface area contributed by atoms with Crippen molar-refractivity contribution in [1.82, 2.24) is 25.4 Å². The van der Waals surface area contributed by atoms with Crippen LogP contribution in [0, 0.1) is 12.7 Å². The van der Waals surface area contributed by atoms with Crippen molar-refractivity contribution < 1.29 is 4.39 Å². The Balaban J connectivity index is 0.00000280. The highest BCUT2D eigenvalue weighted by molar-refractivity contribution is 14.0. The van der Waals surface area contributed by atoms with E-state index < -0.39 is 0 Å². The molecule has 2 heterocycles. The second kappa shape index (κ2) is 11.3. The van der Waals surface area contributed by atoms with Gasteiger partial charge in [-0.2, -0.15) is 0 Å². The van der Waals surface area contributed by atoms with Crippen molar-refractivity contribution in [3.63, 3.8) is 0 Å². The monoisotopic (exact) mass is 500 g/mol. The lowest BCUT2D eigenvalue weighted by Crippen LogP contribution is -2.38. The smallest absolute Gasteiger partial charge is 0.191 e. The molecule has 0 atom stereocenters. The molecule has 0 spiro atoms. The Morgan fingerprint density at radius 1 is 1.21 bits per heavy atom. The maximum atomic E-state index is 13.4. The maximum Gasteiger partial charge on any atom is 0.191 e. The highest BCUT2D eigenvalue weighted by Crippen LogP contribution is 2.14. The molecule has 0 radical (unpaired) electrons. The van der Waals surface area contributed by atoms with Crippen LogP contribution >= 0.6 is 24.0 Å². The van der Waals surface area contributed by atoms with E-state index in [-0.39, 0.29) is 29.8 Å². The van der Waals surface area contributed by atoms with Crippen LogP contribution in [0.15, 0.2) is 23.2 Å². The van der Waals surface area contributed by atoms with E-state index in [0.717, 1.165) is 55.6 Å². The number of hydrogen-bond acceptors (Lipinski definition) is 3. The molecule has 2 N–H and O–H groups in total. The summed E-state index contributed by atoms with van der Waals surface area (Å²) in [5, 5.41) is 15.3. The van der Waals surface area contributed by atoms with Crippen LogP contribution in [-0.4, -0.2) is 33.8 Å². The number of nitrogens with one attached hydrogen (secondary N) is 2. The summed E-state index contributed by atoms with van der Waals surface area (Å²) < 4.78 is 15.7. The van der Waals surface area contributed by atoms with E-state index in [4.69, 9.17) is 0 Å². The van der Waals surface area contributed by atoms with E-state index in [1.807, 2.05) is 13.0 Å². The van der Waals surface area contributed by atoms with Gasteiger partial charge in [0.15, 0.2) is 5.96 Å². The van der Waals surface area contributed by atoms with Gasteiger partial charge in [0.1, 0.15) is 17.5 Å². The Morgan fingerprint density at radius 3 is 2.86 bits per heavy atom. The zero-order chi connectivity index (χ0) is 19.1. The van der Waals surface area contributed by atoms with E-state index in [1.165, 1.54) is 25.3 Å². The summed E-state index contributed by atoms with van der Waals surface area (Å²) >= 11 is 0. The Bertz CT molecular complexity index is 789. The van der Waals surface area contributed by atoms with E-state index in [2.05, 4.69) is 30.4 Å². The van der Waals surface area contributed by atoms with Gasteiger partial charge in [-0.1, -0.05) is 18.6 Å². The average molecular weight is 500 g/mol. The van der Waals surface area contributed by atoms with Crippen molar-refractivity contribution in [1.29, 1.82) is 0 Å². The summed E-state index contributed by atoms with van der Waals surface area (Å²) in [5.41, 5.74) is 1.64. The lowest BCUT2D eigenvalue weighted by atomic mass is 10.1. The predicted octanol–water partition coefficient (Wildman–Crippen LogP) is 3.37. The van der Waals surface area contributed by atoms with Crippen molar-refractivity contribution in [3.8, 4) is 0 Å². The highest BCUT2D eigenvalue weighted by Gasteiger charge is 2.14. The van der Waals surface area contributed by atoms with Crippen molar-refractivity contribution in [2.45, 2.75) is 59.0 Å². The molecule has 154 valence electrons. The number of halogens is 2. The fourth-order valence-electron chi connectivity index (χ4n) is 3.34. The number of hydrogen-bond donors (Lipinski definition) is 2. The minimum absolute atomic E-state index is 0. The number of rotatable bonds is 6. The zero-order valence-electron chi connectivity index (χ0n) is 16.7. The Kier molecular flexibility index (Phi) is 9.14. The Labute approximate surface area is 183 Å². The van der Waals surface area contributed by atoms with Gasteiger partial charge >= 0.3 is 0 Å². The van der Waals surface area contributed by atoms with Gasteiger partial charge in [0.2, 0.25) is 0 Å². The van der Waals surface area contributed by atoms with Crippen LogP contribution in [0.4, 0.5) is 4.39 Å². The molecule has 1 aromatic carbocycles. The van der Waals surface area contributed by atoms with Gasteiger partial charge in [-0.25, -0.2) is 9.38 Å². The first-order valence-electron chi connectivity index (χ1n) is 9.85. The molecular weight excluding hydrogens is 470 g/mol. The summed E-state index contributed by atoms with van der Waals surface area (Å²) in [6.45, 7) is 6.87. The van der Waals surface area contributed by atoms with Crippen LogP contribution in [-0.2, 0) is 25.9 Å². The Morgan fingerprint density at radius 2 is 2.07 bits per heavy atom. The average Bonchev–Trinajstić information content (AvgIpc) is 2.88. The molecule has 0 aliphatic carbocycles. The van der Waals surface area contributed by atoms with Crippen molar-refractivity contribution in [3.05, 3.63) is 46.8 Å². The SMILES string of the molecule is CCNC(=NCc1ccc(F)c(C)c1)NCCc1nnc2n1CCCCC2.I. The fraction of sp³-hybridized carbons (Fsp3) is 0.550. The molecule has 0 bridgehead atoms. The summed E-state index contributed by atoms with van der Waals surface area (Å²) in [6, 6.07) is 5.12. The molecule has 0 unspecified atom stereocenters. The van der Waals surface area contributed by atoms with Gasteiger partial charge in [-0.15, -0.1) is 34.2 Å². The summed E-state index contributed by atoms with van der Waals surface area (Å²) in [7, 11) is 0. The molecule has 2 aromatic rings. The van der Waals surface area contributed by atoms with E-state index in [1.54, 1.807) is 13.0 Å². The molecule has 28 heavy (non-hydrogen) atoms. The Hall–Kier alpha value is -1.71. The molecule has 3 rings (SSSR count). The van der Waals surface area contributed by atoms with Crippen molar-refractivity contribution >= 4 is 29.9 Å². The molecule has 1 aliphatic heterocycles. The van der Waals surface area contributed by atoms with Crippen LogP contribution in [0.2, 0.25) is 0 Å². The normalized spacial score (nSPS) is 14.0. The number of guanidine groups is 1. The second-order valence-electron chi connectivity index (χ2n) is 6.95. The third-order valence-electron chi connectivity index (χ3n) is 4.81. The van der Waals surface area contributed by atoms with E-state index >= 15 is 0 Å². The lowest BCUT2D eigenvalue weighted by Gasteiger charge is -2.12. The highest BCUT2D eigenvalue weighted by atomic mass is 127. The minimum atomic E-state index is -0.180. The number of aliphatic imine (C=N–C) groups is 1. The largest absolute Gasteiger partial charge is 0.357 e. The molecule has 0 saturated carbocycles. The number of fused-ring (bicyclic) bond motifs is 1. The van der Waals surface area contributed by atoms with Crippen LogP contribution in [0.3, 0.4) is 0 Å². The third-order valence-corrected chi connectivity index (χ3v) is 4.81. The molecule has 6 nitrogen and oxygen atoms in total. The van der Waals surface area contributed by atoms with E-state index in [0.29, 0.717) is 12.1 Å².